The monoisotopic (exact) mass is 254 g/mol. The molecule has 0 aromatic rings. The molecule has 1 aliphatic rings. The van der Waals surface area contributed by atoms with Crippen molar-refractivity contribution < 1.29 is 4.74 Å². The minimum atomic E-state index is 0.637. The quantitative estimate of drug-likeness (QED) is 0.506. The van der Waals surface area contributed by atoms with Gasteiger partial charge in [-0.15, -0.1) is 0 Å². The lowest BCUT2D eigenvalue weighted by Gasteiger charge is -2.35. The summed E-state index contributed by atoms with van der Waals surface area (Å²) in [7, 11) is 0. The standard InChI is InChI=1S/C15H30N2O/c1-4-10-17-11-7-15(8-12-17)14(3)16-9-6-13-18-5-2/h5,14-16H,2,4,6-13H2,1,3H3. The van der Waals surface area contributed by atoms with E-state index in [1.807, 2.05) is 0 Å². The van der Waals surface area contributed by atoms with Crippen molar-refractivity contribution in [3.8, 4) is 0 Å². The topological polar surface area (TPSA) is 24.5 Å². The van der Waals surface area contributed by atoms with E-state index in [1.54, 1.807) is 0 Å². The van der Waals surface area contributed by atoms with Crippen LogP contribution in [0.1, 0.15) is 39.5 Å². The number of nitrogens with zero attached hydrogens (tertiary/aromatic N) is 1. The van der Waals surface area contributed by atoms with Gasteiger partial charge in [-0.1, -0.05) is 13.5 Å². The third kappa shape index (κ3) is 5.87. The van der Waals surface area contributed by atoms with Crippen LogP contribution in [0.2, 0.25) is 0 Å². The Morgan fingerprint density at radius 1 is 1.44 bits per heavy atom. The predicted octanol–water partition coefficient (Wildman–Crippen LogP) is 2.64. The van der Waals surface area contributed by atoms with E-state index in [-0.39, 0.29) is 0 Å². The number of nitrogens with one attached hydrogen (secondary N) is 1. The first-order valence-corrected chi connectivity index (χ1v) is 7.46. The van der Waals surface area contributed by atoms with Gasteiger partial charge in [-0.25, -0.2) is 0 Å². The molecule has 0 aliphatic carbocycles. The van der Waals surface area contributed by atoms with Gasteiger partial charge >= 0.3 is 0 Å². The molecular formula is C15H30N2O. The number of ether oxygens (including phenoxy) is 1. The van der Waals surface area contributed by atoms with E-state index >= 15 is 0 Å². The van der Waals surface area contributed by atoms with Gasteiger partial charge in [0.15, 0.2) is 0 Å². The molecule has 0 bridgehead atoms. The lowest BCUT2D eigenvalue weighted by Crippen LogP contribution is -2.42. The molecule has 3 heteroatoms. The molecule has 1 fully saturated rings. The maximum atomic E-state index is 5.12. The molecule has 1 rings (SSSR count). The molecule has 3 nitrogen and oxygen atoms in total. The molecular weight excluding hydrogens is 224 g/mol. The smallest absolute Gasteiger partial charge is 0.0885 e. The van der Waals surface area contributed by atoms with Crippen LogP contribution in [-0.4, -0.2) is 43.7 Å². The Balaban J connectivity index is 2.08. The van der Waals surface area contributed by atoms with E-state index < -0.39 is 0 Å². The molecule has 0 saturated carbocycles. The maximum absolute atomic E-state index is 5.12. The van der Waals surface area contributed by atoms with Crippen molar-refractivity contribution in [3.63, 3.8) is 0 Å². The first-order chi connectivity index (χ1) is 8.77. The summed E-state index contributed by atoms with van der Waals surface area (Å²) in [6.07, 6.45) is 6.55. The van der Waals surface area contributed by atoms with E-state index in [2.05, 4.69) is 30.6 Å². The second-order valence-electron chi connectivity index (χ2n) is 5.31. The summed E-state index contributed by atoms with van der Waals surface area (Å²) in [6, 6.07) is 0.637. The van der Waals surface area contributed by atoms with Crippen LogP contribution in [0.3, 0.4) is 0 Å². The molecule has 0 amide bonds. The van der Waals surface area contributed by atoms with Gasteiger partial charge in [0.1, 0.15) is 0 Å². The van der Waals surface area contributed by atoms with Crippen molar-refractivity contribution in [2.75, 3.05) is 32.8 Å². The Kier molecular flexibility index (Phi) is 8.10. The highest BCUT2D eigenvalue weighted by atomic mass is 16.5. The van der Waals surface area contributed by atoms with Crippen LogP contribution in [-0.2, 0) is 4.74 Å². The summed E-state index contributed by atoms with van der Waals surface area (Å²) >= 11 is 0. The molecule has 1 saturated heterocycles. The summed E-state index contributed by atoms with van der Waals surface area (Å²) in [6.45, 7) is 13.8. The van der Waals surface area contributed by atoms with E-state index in [4.69, 9.17) is 4.74 Å². The van der Waals surface area contributed by atoms with Crippen molar-refractivity contribution in [2.24, 2.45) is 5.92 Å². The van der Waals surface area contributed by atoms with Crippen LogP contribution in [0.5, 0.6) is 0 Å². The third-order valence-electron chi connectivity index (χ3n) is 3.90. The van der Waals surface area contributed by atoms with E-state index in [0.717, 1.165) is 25.5 Å². The normalized spacial score (nSPS) is 19.7. The molecule has 1 heterocycles. The fourth-order valence-electron chi connectivity index (χ4n) is 2.73. The van der Waals surface area contributed by atoms with Crippen LogP contribution in [0, 0.1) is 5.92 Å². The van der Waals surface area contributed by atoms with E-state index in [1.165, 1.54) is 45.2 Å². The second-order valence-corrected chi connectivity index (χ2v) is 5.31. The highest BCUT2D eigenvalue weighted by Gasteiger charge is 2.22. The summed E-state index contributed by atoms with van der Waals surface area (Å²) in [5, 5.41) is 3.63. The van der Waals surface area contributed by atoms with Gasteiger partial charge in [0.2, 0.25) is 0 Å². The van der Waals surface area contributed by atoms with Crippen LogP contribution in [0.25, 0.3) is 0 Å². The first kappa shape index (κ1) is 15.5. The molecule has 1 aliphatic heterocycles. The van der Waals surface area contributed by atoms with Crippen molar-refractivity contribution in [1.82, 2.24) is 10.2 Å². The Morgan fingerprint density at radius 3 is 2.78 bits per heavy atom. The third-order valence-corrected chi connectivity index (χ3v) is 3.90. The molecule has 18 heavy (non-hydrogen) atoms. The predicted molar refractivity (Wildman–Crippen MR) is 77.7 cm³/mol. The largest absolute Gasteiger partial charge is 0.502 e. The Bertz CT molecular complexity index is 213. The Labute approximate surface area is 113 Å². The van der Waals surface area contributed by atoms with Gasteiger partial charge in [0.05, 0.1) is 12.9 Å². The molecule has 1 atom stereocenters. The van der Waals surface area contributed by atoms with Crippen LogP contribution >= 0.6 is 0 Å². The zero-order valence-electron chi connectivity index (χ0n) is 12.2. The van der Waals surface area contributed by atoms with Gasteiger partial charge < -0.3 is 15.0 Å². The number of rotatable bonds is 9. The fraction of sp³-hybridized carbons (Fsp3) is 0.867. The summed E-state index contributed by atoms with van der Waals surface area (Å²) in [4.78, 5) is 2.60. The van der Waals surface area contributed by atoms with Gasteiger partial charge in [-0.05, 0) is 64.7 Å². The maximum Gasteiger partial charge on any atom is 0.0885 e. The lowest BCUT2D eigenvalue weighted by molar-refractivity contribution is 0.161. The highest BCUT2D eigenvalue weighted by Crippen LogP contribution is 2.20. The van der Waals surface area contributed by atoms with Crippen molar-refractivity contribution in [1.29, 1.82) is 0 Å². The van der Waals surface area contributed by atoms with Gasteiger partial charge in [0.25, 0.3) is 0 Å². The molecule has 0 aromatic carbocycles. The SMILES string of the molecule is C=COCCCNC(C)C1CCN(CCC)CC1. The van der Waals surface area contributed by atoms with E-state index in [0.29, 0.717) is 6.04 Å². The lowest BCUT2D eigenvalue weighted by atomic mass is 9.90. The van der Waals surface area contributed by atoms with Crippen molar-refractivity contribution in [2.45, 2.75) is 45.6 Å². The number of hydrogen-bond acceptors (Lipinski definition) is 3. The average Bonchev–Trinajstić information content (AvgIpc) is 2.39. The van der Waals surface area contributed by atoms with Gasteiger partial charge in [-0.2, -0.15) is 0 Å². The zero-order chi connectivity index (χ0) is 13.2. The highest BCUT2D eigenvalue weighted by molar-refractivity contribution is 4.79. The summed E-state index contributed by atoms with van der Waals surface area (Å²) in [5.74, 6) is 0.846. The summed E-state index contributed by atoms with van der Waals surface area (Å²) in [5.41, 5.74) is 0. The Hall–Kier alpha value is -0.540. The molecule has 1 unspecified atom stereocenters. The number of piperidine rings is 1. The fourth-order valence-corrected chi connectivity index (χ4v) is 2.73. The van der Waals surface area contributed by atoms with Gasteiger partial charge in [0, 0.05) is 6.04 Å². The molecule has 0 radical (unpaired) electrons. The molecule has 0 aromatic heterocycles. The zero-order valence-corrected chi connectivity index (χ0v) is 12.2. The van der Waals surface area contributed by atoms with E-state index in [9.17, 15) is 0 Å². The van der Waals surface area contributed by atoms with Crippen molar-refractivity contribution in [3.05, 3.63) is 12.8 Å². The molecule has 106 valence electrons. The van der Waals surface area contributed by atoms with Crippen LogP contribution < -0.4 is 5.32 Å². The molecule has 1 N–H and O–H groups in total. The summed E-state index contributed by atoms with van der Waals surface area (Å²) < 4.78 is 5.12. The van der Waals surface area contributed by atoms with Crippen molar-refractivity contribution >= 4 is 0 Å². The minimum absolute atomic E-state index is 0.637. The van der Waals surface area contributed by atoms with Crippen LogP contribution in [0.15, 0.2) is 12.8 Å². The first-order valence-electron chi connectivity index (χ1n) is 7.46. The number of likely N-dealkylation sites (tertiary alicyclic amines) is 1. The Morgan fingerprint density at radius 2 is 2.17 bits per heavy atom. The average molecular weight is 254 g/mol. The molecule has 0 spiro atoms. The second kappa shape index (κ2) is 9.40. The number of hydrogen-bond donors (Lipinski definition) is 1. The minimum Gasteiger partial charge on any atom is -0.502 e. The van der Waals surface area contributed by atoms with Crippen LogP contribution in [0.4, 0.5) is 0 Å². The van der Waals surface area contributed by atoms with Gasteiger partial charge in [-0.3, -0.25) is 0 Å².